The quantitative estimate of drug-likeness (QED) is 0.741. The number of urea groups is 1. The van der Waals surface area contributed by atoms with Gasteiger partial charge in [0.1, 0.15) is 5.75 Å². The molecule has 0 aliphatic heterocycles. The Bertz CT molecular complexity index is 864. The first-order valence-corrected chi connectivity index (χ1v) is 8.23. The minimum absolute atomic E-state index is 0.164. The summed E-state index contributed by atoms with van der Waals surface area (Å²) in [6, 6.07) is 13.1. The Balaban J connectivity index is 1.62. The fraction of sp³-hybridized carbons (Fsp3) is 0.211. The average molecular weight is 351 g/mol. The maximum absolute atomic E-state index is 12.4. The molecule has 2 heterocycles. The molecule has 0 aliphatic carbocycles. The number of carbonyl (C=O) groups excluding carboxylic acids is 1. The molecule has 0 fully saturated rings. The first-order valence-electron chi connectivity index (χ1n) is 8.23. The van der Waals surface area contributed by atoms with Gasteiger partial charge in [0.25, 0.3) is 0 Å². The van der Waals surface area contributed by atoms with Gasteiger partial charge < -0.3 is 15.0 Å². The van der Waals surface area contributed by atoms with E-state index >= 15 is 0 Å². The van der Waals surface area contributed by atoms with Crippen LogP contribution in [-0.4, -0.2) is 39.9 Å². The minimum atomic E-state index is -0.164. The third kappa shape index (κ3) is 4.18. The van der Waals surface area contributed by atoms with Crippen molar-refractivity contribution in [1.82, 2.24) is 25.0 Å². The van der Waals surface area contributed by atoms with Crippen LogP contribution in [0.5, 0.6) is 5.75 Å². The van der Waals surface area contributed by atoms with E-state index in [0.717, 1.165) is 16.9 Å². The zero-order valence-electron chi connectivity index (χ0n) is 14.8. The van der Waals surface area contributed by atoms with Crippen LogP contribution < -0.4 is 10.1 Å². The summed E-state index contributed by atoms with van der Waals surface area (Å²) in [6.45, 7) is 0.854. The molecule has 1 aromatic carbocycles. The van der Waals surface area contributed by atoms with Crippen LogP contribution in [0.4, 0.5) is 4.79 Å². The number of methoxy groups -OCH3 is 1. The highest BCUT2D eigenvalue weighted by Crippen LogP contribution is 2.14. The number of hydrogen-bond donors (Lipinski definition) is 1. The molecule has 0 unspecified atom stereocenters. The van der Waals surface area contributed by atoms with Crippen LogP contribution in [0.1, 0.15) is 11.1 Å². The molecule has 134 valence electrons. The molecular formula is C19H21N5O2. The lowest BCUT2D eigenvalue weighted by molar-refractivity contribution is 0.206. The largest absolute Gasteiger partial charge is 0.497 e. The van der Waals surface area contributed by atoms with E-state index in [0.29, 0.717) is 18.9 Å². The number of hydrogen-bond acceptors (Lipinski definition) is 4. The summed E-state index contributed by atoms with van der Waals surface area (Å²) in [7, 11) is 3.38. The zero-order valence-corrected chi connectivity index (χ0v) is 14.8. The fourth-order valence-electron chi connectivity index (χ4n) is 2.59. The number of benzene rings is 1. The van der Waals surface area contributed by atoms with Gasteiger partial charge in [-0.2, -0.15) is 5.10 Å². The van der Waals surface area contributed by atoms with Crippen molar-refractivity contribution in [3.05, 3.63) is 72.2 Å². The highest BCUT2D eigenvalue weighted by atomic mass is 16.5. The van der Waals surface area contributed by atoms with Crippen molar-refractivity contribution in [1.29, 1.82) is 0 Å². The molecule has 0 spiro atoms. The lowest BCUT2D eigenvalue weighted by Crippen LogP contribution is -2.36. The van der Waals surface area contributed by atoms with Crippen molar-refractivity contribution < 1.29 is 9.53 Å². The minimum Gasteiger partial charge on any atom is -0.497 e. The van der Waals surface area contributed by atoms with Crippen LogP contribution in [0.3, 0.4) is 0 Å². The van der Waals surface area contributed by atoms with Crippen molar-refractivity contribution in [2.75, 3.05) is 14.2 Å². The highest BCUT2D eigenvalue weighted by Gasteiger charge is 2.11. The molecule has 0 atom stereocenters. The number of ether oxygens (including phenoxy) is 1. The summed E-state index contributed by atoms with van der Waals surface area (Å²) in [5.74, 6) is 1.48. The summed E-state index contributed by atoms with van der Waals surface area (Å²) >= 11 is 0. The number of aromatic nitrogens is 3. The number of pyridine rings is 1. The van der Waals surface area contributed by atoms with E-state index in [1.807, 2.05) is 48.7 Å². The van der Waals surface area contributed by atoms with Crippen LogP contribution in [-0.2, 0) is 13.1 Å². The number of carbonyl (C=O) groups is 1. The van der Waals surface area contributed by atoms with Gasteiger partial charge >= 0.3 is 6.03 Å². The average Bonchev–Trinajstić information content (AvgIpc) is 3.21. The van der Waals surface area contributed by atoms with Crippen molar-refractivity contribution in [2.24, 2.45) is 0 Å². The monoisotopic (exact) mass is 351 g/mol. The zero-order chi connectivity index (χ0) is 18.4. The number of amides is 2. The second-order valence-electron chi connectivity index (χ2n) is 5.80. The van der Waals surface area contributed by atoms with Crippen molar-refractivity contribution >= 4 is 6.03 Å². The third-order valence-electron chi connectivity index (χ3n) is 3.92. The summed E-state index contributed by atoms with van der Waals surface area (Å²) in [6.07, 6.45) is 5.22. The van der Waals surface area contributed by atoms with Gasteiger partial charge in [-0.15, -0.1) is 0 Å². The van der Waals surface area contributed by atoms with Gasteiger partial charge in [0.15, 0.2) is 5.82 Å². The Morgan fingerprint density at radius 2 is 2.12 bits per heavy atom. The summed E-state index contributed by atoms with van der Waals surface area (Å²) < 4.78 is 6.90. The van der Waals surface area contributed by atoms with Gasteiger partial charge in [-0.25, -0.2) is 14.5 Å². The molecule has 2 aromatic heterocycles. The molecule has 2 amide bonds. The van der Waals surface area contributed by atoms with E-state index in [1.54, 1.807) is 36.1 Å². The van der Waals surface area contributed by atoms with E-state index in [-0.39, 0.29) is 6.03 Å². The van der Waals surface area contributed by atoms with Gasteiger partial charge in [0.2, 0.25) is 0 Å². The smallest absolute Gasteiger partial charge is 0.317 e. The van der Waals surface area contributed by atoms with E-state index in [1.165, 1.54) is 0 Å². The third-order valence-corrected chi connectivity index (χ3v) is 3.92. The van der Waals surface area contributed by atoms with Gasteiger partial charge in [0, 0.05) is 44.3 Å². The van der Waals surface area contributed by atoms with E-state index in [9.17, 15) is 4.79 Å². The molecule has 0 bridgehead atoms. The van der Waals surface area contributed by atoms with Crippen LogP contribution in [0.2, 0.25) is 0 Å². The van der Waals surface area contributed by atoms with Crippen molar-refractivity contribution in [2.45, 2.75) is 13.1 Å². The molecule has 3 rings (SSSR count). The molecule has 0 aliphatic rings. The van der Waals surface area contributed by atoms with Crippen LogP contribution >= 0.6 is 0 Å². The number of rotatable bonds is 6. The number of nitrogens with one attached hydrogen (secondary N) is 1. The Labute approximate surface area is 152 Å². The highest BCUT2D eigenvalue weighted by molar-refractivity contribution is 5.74. The van der Waals surface area contributed by atoms with Gasteiger partial charge in [0.05, 0.1) is 7.11 Å². The first-order chi connectivity index (χ1) is 12.7. The summed E-state index contributed by atoms with van der Waals surface area (Å²) in [5, 5.41) is 7.13. The normalized spacial score (nSPS) is 10.4. The predicted molar refractivity (Wildman–Crippen MR) is 98.1 cm³/mol. The SMILES string of the molecule is COc1cccc(CN(C)C(=O)NCc2cccnc2-n2cccn2)c1. The Kier molecular flexibility index (Phi) is 5.48. The fourth-order valence-corrected chi connectivity index (χ4v) is 2.59. The van der Waals surface area contributed by atoms with Gasteiger partial charge in [-0.1, -0.05) is 18.2 Å². The summed E-state index contributed by atoms with van der Waals surface area (Å²) in [4.78, 5) is 18.4. The molecule has 0 saturated heterocycles. The molecule has 0 saturated carbocycles. The maximum atomic E-state index is 12.4. The van der Waals surface area contributed by atoms with Crippen LogP contribution in [0, 0.1) is 0 Å². The second-order valence-corrected chi connectivity index (χ2v) is 5.80. The summed E-state index contributed by atoms with van der Waals surface area (Å²) in [5.41, 5.74) is 1.89. The van der Waals surface area contributed by atoms with Crippen molar-refractivity contribution in [3.8, 4) is 11.6 Å². The molecule has 7 nitrogen and oxygen atoms in total. The molecule has 1 N–H and O–H groups in total. The Hall–Kier alpha value is -3.35. The Morgan fingerprint density at radius 1 is 1.23 bits per heavy atom. The maximum Gasteiger partial charge on any atom is 0.317 e. The standard InChI is InChI=1S/C19H21N5O2/c1-23(14-15-6-3-8-17(12-15)26-2)19(25)21-13-16-7-4-9-20-18(16)24-11-5-10-22-24/h3-12H,13-14H2,1-2H3,(H,21,25). The molecule has 7 heteroatoms. The van der Waals surface area contributed by atoms with Crippen molar-refractivity contribution in [3.63, 3.8) is 0 Å². The molecule has 0 radical (unpaired) electrons. The van der Waals surface area contributed by atoms with Crippen LogP contribution in [0.15, 0.2) is 61.1 Å². The molecular weight excluding hydrogens is 330 g/mol. The first kappa shape index (κ1) is 17.5. The predicted octanol–water partition coefficient (Wildman–Crippen LogP) is 2.62. The lowest BCUT2D eigenvalue weighted by Gasteiger charge is -2.19. The second kappa shape index (κ2) is 8.15. The topological polar surface area (TPSA) is 72.3 Å². The molecule has 26 heavy (non-hydrogen) atoms. The van der Waals surface area contributed by atoms with E-state index in [4.69, 9.17) is 4.74 Å². The Morgan fingerprint density at radius 3 is 2.88 bits per heavy atom. The number of nitrogens with zero attached hydrogens (tertiary/aromatic N) is 4. The van der Waals surface area contributed by atoms with E-state index < -0.39 is 0 Å². The van der Waals surface area contributed by atoms with Gasteiger partial charge in [-0.05, 0) is 29.8 Å². The molecule has 3 aromatic rings. The lowest BCUT2D eigenvalue weighted by atomic mass is 10.2. The van der Waals surface area contributed by atoms with E-state index in [2.05, 4.69) is 15.4 Å². The van der Waals surface area contributed by atoms with Crippen LogP contribution in [0.25, 0.3) is 5.82 Å². The van der Waals surface area contributed by atoms with Gasteiger partial charge in [-0.3, -0.25) is 0 Å².